The van der Waals surface area contributed by atoms with Crippen LogP contribution in [0, 0.1) is 0 Å². The molecular formula is C21H33BN-. The van der Waals surface area contributed by atoms with Gasteiger partial charge in [0, 0.05) is 12.3 Å². The van der Waals surface area contributed by atoms with Crippen molar-refractivity contribution >= 4 is 22.4 Å². The number of rotatable bonds is 10. The van der Waals surface area contributed by atoms with Gasteiger partial charge in [-0.25, -0.2) is 0 Å². The summed E-state index contributed by atoms with van der Waals surface area (Å²) in [5, 5.41) is 2.76. The molecule has 0 aliphatic carbocycles. The highest BCUT2D eigenvalue weighted by Crippen LogP contribution is 2.30. The number of unbranched alkanes of at least 4 members (excludes halogenated alkanes) is 3. The molecule has 1 aromatic heterocycles. The van der Waals surface area contributed by atoms with E-state index in [1.165, 1.54) is 68.3 Å². The number of hydrogen-bond donors (Lipinski definition) is 0. The van der Waals surface area contributed by atoms with Crippen molar-refractivity contribution in [2.24, 2.45) is 0 Å². The summed E-state index contributed by atoms with van der Waals surface area (Å²) < 4.78 is 0. The zero-order valence-corrected chi connectivity index (χ0v) is 15.4. The van der Waals surface area contributed by atoms with Crippen LogP contribution in [0.1, 0.15) is 59.3 Å². The lowest BCUT2D eigenvalue weighted by molar-refractivity contribution is 0.800. The van der Waals surface area contributed by atoms with Crippen LogP contribution in [0.3, 0.4) is 0 Å². The van der Waals surface area contributed by atoms with E-state index >= 15 is 0 Å². The number of hydrogen-bond acceptors (Lipinski definition) is 1. The van der Waals surface area contributed by atoms with Crippen molar-refractivity contribution in [3.05, 3.63) is 36.7 Å². The minimum Gasteiger partial charge on any atom is -0.267 e. The highest BCUT2D eigenvalue weighted by atomic mass is 14.6. The fourth-order valence-corrected chi connectivity index (χ4v) is 4.31. The summed E-state index contributed by atoms with van der Waals surface area (Å²) in [5.41, 5.74) is 1.57. The molecule has 126 valence electrons. The van der Waals surface area contributed by atoms with Crippen LogP contribution in [0.4, 0.5) is 0 Å². The molecule has 1 aromatic carbocycles. The molecule has 0 saturated heterocycles. The first-order valence-corrected chi connectivity index (χ1v) is 9.81. The Balaban J connectivity index is 2.51. The van der Waals surface area contributed by atoms with E-state index < -0.39 is 6.15 Å². The van der Waals surface area contributed by atoms with Gasteiger partial charge in [0.05, 0.1) is 0 Å². The number of benzene rings is 1. The maximum atomic E-state index is 4.62. The summed E-state index contributed by atoms with van der Waals surface area (Å²) in [7, 11) is 0. The van der Waals surface area contributed by atoms with E-state index in [9.17, 15) is 0 Å². The van der Waals surface area contributed by atoms with Crippen LogP contribution in [-0.4, -0.2) is 11.1 Å². The van der Waals surface area contributed by atoms with Gasteiger partial charge in [0.2, 0.25) is 0 Å². The molecule has 2 heteroatoms. The summed E-state index contributed by atoms with van der Waals surface area (Å²) in [6.45, 7) is 6.96. The van der Waals surface area contributed by atoms with Gasteiger partial charge in [-0.15, -0.1) is 0 Å². The van der Waals surface area contributed by atoms with Crippen LogP contribution in [0.15, 0.2) is 36.7 Å². The lowest BCUT2D eigenvalue weighted by Crippen LogP contribution is -2.48. The smallest absolute Gasteiger partial charge is 0.0343 e. The van der Waals surface area contributed by atoms with Crippen molar-refractivity contribution in [1.82, 2.24) is 4.98 Å². The number of fused-ring (bicyclic) bond motifs is 1. The normalized spacial score (nSPS) is 12.0. The highest BCUT2D eigenvalue weighted by Gasteiger charge is 2.26. The minimum absolute atomic E-state index is 0.484. The van der Waals surface area contributed by atoms with Crippen molar-refractivity contribution in [3.8, 4) is 0 Å². The first kappa shape index (κ1) is 18.0. The summed E-state index contributed by atoms with van der Waals surface area (Å²) in [6.07, 6.45) is 15.7. The van der Waals surface area contributed by atoms with Gasteiger partial charge in [-0.2, -0.15) is 24.4 Å². The first-order valence-electron chi connectivity index (χ1n) is 9.81. The fourth-order valence-electron chi connectivity index (χ4n) is 4.31. The SMILES string of the molecule is CCCC[B-](CCCC)(CCCC)c1cncc2ccccc12. The molecular weight excluding hydrogens is 277 g/mol. The van der Waals surface area contributed by atoms with Crippen LogP contribution in [0.25, 0.3) is 10.8 Å². The Kier molecular flexibility index (Phi) is 7.14. The van der Waals surface area contributed by atoms with E-state index in [1.807, 2.05) is 6.20 Å². The van der Waals surface area contributed by atoms with Crippen molar-refractivity contribution in [2.45, 2.75) is 78.3 Å². The topological polar surface area (TPSA) is 12.9 Å². The van der Waals surface area contributed by atoms with Crippen LogP contribution in [0.5, 0.6) is 0 Å². The van der Waals surface area contributed by atoms with Crippen LogP contribution in [0.2, 0.25) is 19.0 Å². The second kappa shape index (κ2) is 9.10. The fraction of sp³-hybridized carbons (Fsp3) is 0.571. The van der Waals surface area contributed by atoms with Crippen LogP contribution < -0.4 is 5.46 Å². The Hall–Kier alpha value is -1.31. The molecule has 0 amide bonds. The second-order valence-electron chi connectivity index (χ2n) is 7.35. The molecule has 2 aromatic rings. The van der Waals surface area contributed by atoms with E-state index in [2.05, 4.69) is 56.2 Å². The van der Waals surface area contributed by atoms with E-state index in [4.69, 9.17) is 0 Å². The highest BCUT2D eigenvalue weighted by molar-refractivity contribution is 6.93. The van der Waals surface area contributed by atoms with Gasteiger partial charge >= 0.3 is 0 Å². The van der Waals surface area contributed by atoms with Crippen molar-refractivity contribution in [3.63, 3.8) is 0 Å². The van der Waals surface area contributed by atoms with Crippen LogP contribution >= 0.6 is 0 Å². The summed E-state index contributed by atoms with van der Waals surface area (Å²) in [6, 6.07) is 8.84. The lowest BCUT2D eigenvalue weighted by atomic mass is 9.16. The third-order valence-corrected chi connectivity index (χ3v) is 5.69. The van der Waals surface area contributed by atoms with Gasteiger partial charge in [-0.3, -0.25) is 4.98 Å². The van der Waals surface area contributed by atoms with E-state index in [1.54, 1.807) is 5.46 Å². The molecule has 0 unspecified atom stereocenters. The lowest BCUT2D eigenvalue weighted by Gasteiger charge is -2.42. The van der Waals surface area contributed by atoms with Gasteiger partial charge < -0.3 is 0 Å². The Bertz CT molecular complexity index is 566. The predicted octanol–water partition coefficient (Wildman–Crippen LogP) is 6.29. The van der Waals surface area contributed by atoms with E-state index in [-0.39, 0.29) is 0 Å². The second-order valence-corrected chi connectivity index (χ2v) is 7.35. The Morgan fingerprint density at radius 2 is 1.35 bits per heavy atom. The van der Waals surface area contributed by atoms with Crippen molar-refractivity contribution in [1.29, 1.82) is 0 Å². The maximum absolute atomic E-state index is 4.62. The molecule has 0 saturated carbocycles. The van der Waals surface area contributed by atoms with Gasteiger partial charge in [0.1, 0.15) is 0 Å². The number of nitrogens with zero attached hydrogens (tertiary/aromatic N) is 1. The number of pyridine rings is 1. The Morgan fingerprint density at radius 1 is 0.783 bits per heavy atom. The molecule has 1 heterocycles. The molecule has 0 fully saturated rings. The molecule has 0 radical (unpaired) electrons. The van der Waals surface area contributed by atoms with E-state index in [0.29, 0.717) is 0 Å². The van der Waals surface area contributed by atoms with Gasteiger partial charge in [-0.05, 0) is 11.6 Å². The van der Waals surface area contributed by atoms with Crippen molar-refractivity contribution in [2.75, 3.05) is 0 Å². The third-order valence-electron chi connectivity index (χ3n) is 5.69. The zero-order chi connectivity index (χ0) is 16.5. The maximum Gasteiger partial charge on any atom is 0.0343 e. The molecule has 23 heavy (non-hydrogen) atoms. The quantitative estimate of drug-likeness (QED) is 0.470. The summed E-state index contributed by atoms with van der Waals surface area (Å²) in [5.74, 6) is 0. The predicted molar refractivity (Wildman–Crippen MR) is 106 cm³/mol. The molecule has 0 aliphatic rings. The largest absolute Gasteiger partial charge is 0.267 e. The molecule has 0 aliphatic heterocycles. The van der Waals surface area contributed by atoms with Crippen LogP contribution in [-0.2, 0) is 0 Å². The Labute approximate surface area is 142 Å². The monoisotopic (exact) mass is 310 g/mol. The third kappa shape index (κ3) is 4.37. The summed E-state index contributed by atoms with van der Waals surface area (Å²) >= 11 is 0. The molecule has 0 spiro atoms. The molecule has 2 rings (SSSR count). The standard InChI is InChI=1S/C21H33BN/c1-4-7-14-22(15-8-5-2,16-9-6-3)21-18-23-17-19-12-10-11-13-20(19)21/h10-13,17-18H,4-9,14-16H2,1-3H3/q-1. The first-order chi connectivity index (χ1) is 11.3. The molecule has 0 N–H and O–H groups in total. The molecule has 0 bridgehead atoms. The van der Waals surface area contributed by atoms with Crippen molar-refractivity contribution < 1.29 is 0 Å². The average molecular weight is 310 g/mol. The van der Waals surface area contributed by atoms with Gasteiger partial charge in [0.25, 0.3) is 0 Å². The summed E-state index contributed by atoms with van der Waals surface area (Å²) in [4.78, 5) is 4.62. The van der Waals surface area contributed by atoms with Gasteiger partial charge in [0.15, 0.2) is 0 Å². The number of aromatic nitrogens is 1. The van der Waals surface area contributed by atoms with Gasteiger partial charge in [-0.1, -0.05) is 88.9 Å². The minimum atomic E-state index is -0.484. The molecule has 1 nitrogen and oxygen atoms in total. The average Bonchev–Trinajstić information content (AvgIpc) is 2.61. The van der Waals surface area contributed by atoms with E-state index in [0.717, 1.165) is 0 Å². The Morgan fingerprint density at radius 3 is 1.91 bits per heavy atom. The zero-order valence-electron chi connectivity index (χ0n) is 15.4. The molecule has 0 atom stereocenters.